The first-order valence-electron chi connectivity index (χ1n) is 9.87. The molecule has 0 aliphatic heterocycles. The fraction of sp³-hybridized carbons (Fsp3) is 0.217. The Labute approximate surface area is 187 Å². The van der Waals surface area contributed by atoms with Gasteiger partial charge in [0.2, 0.25) is 0 Å². The zero-order valence-electron chi connectivity index (χ0n) is 17.2. The van der Waals surface area contributed by atoms with Gasteiger partial charge < -0.3 is 15.8 Å². The van der Waals surface area contributed by atoms with Gasteiger partial charge in [-0.15, -0.1) is 0 Å². The summed E-state index contributed by atoms with van der Waals surface area (Å²) in [7, 11) is 1.22. The molecule has 0 saturated heterocycles. The number of ether oxygens (including phenoxy) is 1. The van der Waals surface area contributed by atoms with E-state index in [-0.39, 0.29) is 11.8 Å². The van der Waals surface area contributed by atoms with Crippen molar-refractivity contribution in [3.63, 3.8) is 0 Å². The van der Waals surface area contributed by atoms with Crippen LogP contribution in [-0.4, -0.2) is 29.7 Å². The Balaban J connectivity index is 1.38. The highest BCUT2D eigenvalue weighted by Gasteiger charge is 2.34. The lowest BCUT2D eigenvalue weighted by Gasteiger charge is -2.16. The molecule has 0 aliphatic rings. The first-order chi connectivity index (χ1) is 15.3. The van der Waals surface area contributed by atoms with E-state index in [0.29, 0.717) is 18.5 Å². The predicted molar refractivity (Wildman–Crippen MR) is 121 cm³/mol. The molecule has 9 heteroatoms. The Kier molecular flexibility index (Phi) is 6.29. The molecule has 0 amide bonds. The third-order valence-corrected chi connectivity index (χ3v) is 6.02. The fourth-order valence-electron chi connectivity index (χ4n) is 3.42. The average molecular weight is 459 g/mol. The van der Waals surface area contributed by atoms with Gasteiger partial charge in [-0.1, -0.05) is 29.5 Å². The van der Waals surface area contributed by atoms with Crippen LogP contribution in [0.3, 0.4) is 0 Å². The molecule has 5 nitrogen and oxygen atoms in total. The molecule has 0 saturated carbocycles. The molecule has 32 heavy (non-hydrogen) atoms. The van der Waals surface area contributed by atoms with Crippen molar-refractivity contribution in [3.05, 3.63) is 72.2 Å². The third-order valence-electron chi connectivity index (χ3n) is 5.02. The van der Waals surface area contributed by atoms with Crippen LogP contribution < -0.4 is 15.8 Å². The van der Waals surface area contributed by atoms with E-state index in [4.69, 9.17) is 10.5 Å². The van der Waals surface area contributed by atoms with Crippen molar-refractivity contribution in [2.45, 2.75) is 18.6 Å². The Bertz CT molecular complexity index is 1230. The number of benzene rings is 2. The van der Waals surface area contributed by atoms with Crippen molar-refractivity contribution >= 4 is 27.2 Å². The van der Waals surface area contributed by atoms with Crippen molar-refractivity contribution in [3.8, 4) is 16.2 Å². The standard InChI is InChI=1S/C23H21F3N4OS/c1-31-20-9-14(2-5-19(20)23(24,25)26)8-18(27)12-29-22-30-13-21(32-22)16-3-4-17-11-28-7-6-15(17)10-16/h2-7,9-11,13,18H,8,12,27H2,1H3,(H,29,30). The maximum absolute atomic E-state index is 13.0. The second-order valence-electron chi connectivity index (χ2n) is 7.34. The Morgan fingerprint density at radius 2 is 1.94 bits per heavy atom. The maximum atomic E-state index is 13.0. The number of rotatable bonds is 7. The van der Waals surface area contributed by atoms with Crippen LogP contribution in [0, 0.1) is 0 Å². The number of halogens is 3. The number of anilines is 1. The van der Waals surface area contributed by atoms with E-state index in [1.807, 2.05) is 30.6 Å². The SMILES string of the molecule is COc1cc(CC(N)CNc2ncc(-c3ccc4cnccc4c3)s2)ccc1C(F)(F)F. The maximum Gasteiger partial charge on any atom is 0.419 e. The number of nitrogens with two attached hydrogens (primary N) is 1. The summed E-state index contributed by atoms with van der Waals surface area (Å²) < 4.78 is 44.0. The smallest absolute Gasteiger partial charge is 0.419 e. The van der Waals surface area contributed by atoms with Gasteiger partial charge in [-0.2, -0.15) is 13.2 Å². The van der Waals surface area contributed by atoms with Crippen LogP contribution in [0.15, 0.2) is 61.1 Å². The van der Waals surface area contributed by atoms with Crippen LogP contribution in [0.25, 0.3) is 21.2 Å². The third kappa shape index (κ3) is 5.00. The van der Waals surface area contributed by atoms with Crippen LogP contribution in [0.4, 0.5) is 18.3 Å². The topological polar surface area (TPSA) is 73.1 Å². The number of thiazole rings is 1. The van der Waals surface area contributed by atoms with E-state index in [1.54, 1.807) is 6.20 Å². The van der Waals surface area contributed by atoms with Gasteiger partial charge in [-0.25, -0.2) is 4.98 Å². The number of aromatic nitrogens is 2. The van der Waals surface area contributed by atoms with Crippen LogP contribution in [0.1, 0.15) is 11.1 Å². The summed E-state index contributed by atoms with van der Waals surface area (Å²) in [6.07, 6.45) is 1.34. The molecule has 0 fully saturated rings. The van der Waals surface area contributed by atoms with Gasteiger partial charge in [0.15, 0.2) is 5.13 Å². The number of pyridine rings is 1. The molecule has 1 atom stereocenters. The lowest BCUT2D eigenvalue weighted by Crippen LogP contribution is -2.31. The first-order valence-corrected chi connectivity index (χ1v) is 10.7. The number of nitrogens with zero attached hydrogens (tertiary/aromatic N) is 2. The molecular formula is C23H21F3N4OS. The van der Waals surface area contributed by atoms with Gasteiger partial charge in [0, 0.05) is 36.6 Å². The molecule has 3 N–H and O–H groups in total. The highest BCUT2D eigenvalue weighted by molar-refractivity contribution is 7.18. The first kappa shape index (κ1) is 22.0. The molecule has 1 unspecified atom stereocenters. The number of nitrogens with one attached hydrogen (secondary N) is 1. The summed E-state index contributed by atoms with van der Waals surface area (Å²) in [6.45, 7) is 0.430. The number of methoxy groups -OCH3 is 1. The molecule has 2 heterocycles. The van der Waals surface area contributed by atoms with E-state index in [1.165, 1.54) is 30.6 Å². The molecule has 0 spiro atoms. The van der Waals surface area contributed by atoms with Gasteiger partial charge in [0.25, 0.3) is 0 Å². The van der Waals surface area contributed by atoms with Gasteiger partial charge in [0.1, 0.15) is 5.75 Å². The van der Waals surface area contributed by atoms with Gasteiger partial charge >= 0.3 is 6.18 Å². The summed E-state index contributed by atoms with van der Waals surface area (Å²) in [5.41, 5.74) is 7.14. The zero-order valence-corrected chi connectivity index (χ0v) is 18.0. The Morgan fingerprint density at radius 1 is 1.09 bits per heavy atom. The number of hydrogen-bond acceptors (Lipinski definition) is 6. The minimum absolute atomic E-state index is 0.203. The van der Waals surface area contributed by atoms with E-state index in [0.717, 1.165) is 32.4 Å². The van der Waals surface area contributed by atoms with E-state index >= 15 is 0 Å². The monoisotopic (exact) mass is 458 g/mol. The lowest BCUT2D eigenvalue weighted by molar-refractivity contribution is -0.138. The van der Waals surface area contributed by atoms with Crippen molar-refractivity contribution < 1.29 is 17.9 Å². The summed E-state index contributed by atoms with van der Waals surface area (Å²) in [6, 6.07) is 11.7. The van der Waals surface area contributed by atoms with Crippen molar-refractivity contribution in [2.24, 2.45) is 5.73 Å². The predicted octanol–water partition coefficient (Wildman–Crippen LogP) is 5.37. The van der Waals surface area contributed by atoms with Crippen LogP contribution >= 0.6 is 11.3 Å². The van der Waals surface area contributed by atoms with Crippen LogP contribution in [0.2, 0.25) is 0 Å². The molecule has 0 bridgehead atoms. The number of alkyl halides is 3. The number of fused-ring (bicyclic) bond motifs is 1. The van der Waals surface area contributed by atoms with E-state index in [9.17, 15) is 13.2 Å². The molecule has 0 radical (unpaired) electrons. The summed E-state index contributed by atoms with van der Waals surface area (Å²) >= 11 is 1.52. The van der Waals surface area contributed by atoms with E-state index in [2.05, 4.69) is 21.4 Å². The zero-order chi connectivity index (χ0) is 22.7. The van der Waals surface area contributed by atoms with Crippen molar-refractivity contribution in [2.75, 3.05) is 19.0 Å². The quantitative estimate of drug-likeness (QED) is 0.390. The Morgan fingerprint density at radius 3 is 2.72 bits per heavy atom. The Hall–Kier alpha value is -3.17. The summed E-state index contributed by atoms with van der Waals surface area (Å²) in [5.74, 6) is -0.203. The van der Waals surface area contributed by atoms with Gasteiger partial charge in [-0.3, -0.25) is 4.98 Å². The number of hydrogen-bond donors (Lipinski definition) is 2. The normalized spacial score (nSPS) is 12.7. The molecular weight excluding hydrogens is 437 g/mol. The van der Waals surface area contributed by atoms with Crippen LogP contribution in [-0.2, 0) is 12.6 Å². The van der Waals surface area contributed by atoms with Gasteiger partial charge in [-0.05, 0) is 47.2 Å². The molecule has 2 aromatic heterocycles. The summed E-state index contributed by atoms with van der Waals surface area (Å²) in [5, 5.41) is 6.13. The average Bonchev–Trinajstić information content (AvgIpc) is 3.25. The van der Waals surface area contributed by atoms with Crippen molar-refractivity contribution in [1.82, 2.24) is 9.97 Å². The molecule has 166 valence electrons. The van der Waals surface area contributed by atoms with Crippen molar-refractivity contribution in [1.29, 1.82) is 0 Å². The summed E-state index contributed by atoms with van der Waals surface area (Å²) in [4.78, 5) is 9.56. The largest absolute Gasteiger partial charge is 0.496 e. The molecule has 4 rings (SSSR count). The van der Waals surface area contributed by atoms with Gasteiger partial charge in [0.05, 0.1) is 17.6 Å². The lowest BCUT2D eigenvalue weighted by atomic mass is 10.0. The van der Waals surface area contributed by atoms with E-state index < -0.39 is 11.7 Å². The fourth-order valence-corrected chi connectivity index (χ4v) is 4.24. The van der Waals surface area contributed by atoms with Crippen LogP contribution in [0.5, 0.6) is 5.75 Å². The molecule has 2 aromatic carbocycles. The highest BCUT2D eigenvalue weighted by atomic mass is 32.1. The second-order valence-corrected chi connectivity index (χ2v) is 8.38. The molecule has 4 aromatic rings. The second kappa shape index (κ2) is 9.13. The minimum Gasteiger partial charge on any atom is -0.496 e. The highest BCUT2D eigenvalue weighted by Crippen LogP contribution is 2.36. The minimum atomic E-state index is -4.46. The molecule has 0 aliphatic carbocycles.